The van der Waals surface area contributed by atoms with Crippen LogP contribution in [-0.2, 0) is 0 Å². The van der Waals surface area contributed by atoms with Crippen molar-refractivity contribution in [3.63, 3.8) is 0 Å². The number of oxazole rings is 1. The number of fused-ring (bicyclic) bond motifs is 2. The highest BCUT2D eigenvalue weighted by molar-refractivity contribution is 5.78. The molecule has 32 heavy (non-hydrogen) atoms. The van der Waals surface area contributed by atoms with Gasteiger partial charge < -0.3 is 15.5 Å². The smallest absolute Gasteiger partial charge is 0.325 e. The zero-order valence-corrected chi connectivity index (χ0v) is 17.0. The normalized spacial score (nSPS) is 11.4. The summed E-state index contributed by atoms with van der Waals surface area (Å²) < 4.78 is 9.42. The first-order chi connectivity index (χ1) is 15.7. The van der Waals surface area contributed by atoms with E-state index in [1.54, 1.807) is 23.9 Å². The molecule has 0 atom stereocenters. The van der Waals surface area contributed by atoms with E-state index in [9.17, 15) is 0 Å². The van der Waals surface area contributed by atoms with Crippen LogP contribution in [0.1, 0.15) is 5.82 Å². The lowest BCUT2D eigenvalue weighted by Gasteiger charge is -2.09. The van der Waals surface area contributed by atoms with Crippen molar-refractivity contribution < 1.29 is 4.42 Å². The SMILES string of the molecule is Cc1nc(N)cc(-c2c(Nc3ccnn3-c3nc4ccccc4o3)nc3ccccn23)n1. The van der Waals surface area contributed by atoms with Crippen LogP contribution in [-0.4, -0.2) is 34.1 Å². The van der Waals surface area contributed by atoms with Gasteiger partial charge in [-0.3, -0.25) is 4.40 Å². The van der Waals surface area contributed by atoms with Crippen molar-refractivity contribution >= 4 is 34.2 Å². The molecule has 6 aromatic rings. The molecule has 1 aromatic carbocycles. The number of benzene rings is 1. The van der Waals surface area contributed by atoms with E-state index in [0.717, 1.165) is 16.9 Å². The number of imidazole rings is 1. The van der Waals surface area contributed by atoms with Gasteiger partial charge in [-0.05, 0) is 31.2 Å². The van der Waals surface area contributed by atoms with E-state index in [1.807, 2.05) is 59.1 Å². The van der Waals surface area contributed by atoms with E-state index in [-0.39, 0.29) is 0 Å². The summed E-state index contributed by atoms with van der Waals surface area (Å²) in [4.78, 5) is 18.1. The number of aromatic nitrogens is 7. The van der Waals surface area contributed by atoms with Gasteiger partial charge in [0.1, 0.15) is 34.3 Å². The van der Waals surface area contributed by atoms with Gasteiger partial charge in [-0.1, -0.05) is 18.2 Å². The Hall–Kier alpha value is -4.73. The number of nitrogens with one attached hydrogen (secondary N) is 1. The van der Waals surface area contributed by atoms with Gasteiger partial charge in [-0.15, -0.1) is 0 Å². The Kier molecular flexibility index (Phi) is 3.90. The number of nitrogen functional groups attached to an aromatic ring is 1. The maximum Gasteiger partial charge on any atom is 0.325 e. The predicted molar refractivity (Wildman–Crippen MR) is 120 cm³/mol. The third kappa shape index (κ3) is 2.93. The van der Waals surface area contributed by atoms with Crippen LogP contribution in [0.4, 0.5) is 17.5 Å². The second kappa shape index (κ2) is 6.91. The first kappa shape index (κ1) is 18.1. The predicted octanol–water partition coefficient (Wildman–Crippen LogP) is 3.75. The lowest BCUT2D eigenvalue weighted by Crippen LogP contribution is -2.05. The molecular weight excluding hydrogens is 406 g/mol. The fourth-order valence-corrected chi connectivity index (χ4v) is 3.66. The topological polar surface area (TPSA) is 125 Å². The molecule has 5 aromatic heterocycles. The molecule has 0 fully saturated rings. The monoisotopic (exact) mass is 423 g/mol. The summed E-state index contributed by atoms with van der Waals surface area (Å²) >= 11 is 0. The first-order valence-electron chi connectivity index (χ1n) is 9.91. The van der Waals surface area contributed by atoms with E-state index >= 15 is 0 Å². The largest absolute Gasteiger partial charge is 0.422 e. The average molecular weight is 423 g/mol. The fraction of sp³-hybridized carbons (Fsp3) is 0.0455. The van der Waals surface area contributed by atoms with Gasteiger partial charge in [0.2, 0.25) is 0 Å². The van der Waals surface area contributed by atoms with E-state index in [1.165, 1.54) is 0 Å². The number of nitrogens with zero attached hydrogens (tertiary/aromatic N) is 7. The number of aryl methyl sites for hydroxylation is 1. The van der Waals surface area contributed by atoms with Crippen molar-refractivity contribution in [3.8, 4) is 17.4 Å². The lowest BCUT2D eigenvalue weighted by atomic mass is 10.2. The zero-order valence-electron chi connectivity index (χ0n) is 17.0. The van der Waals surface area contributed by atoms with Crippen LogP contribution in [0.3, 0.4) is 0 Å². The Morgan fingerprint density at radius 2 is 1.84 bits per heavy atom. The van der Waals surface area contributed by atoms with Crippen molar-refractivity contribution in [2.45, 2.75) is 6.92 Å². The second-order valence-corrected chi connectivity index (χ2v) is 7.18. The van der Waals surface area contributed by atoms with Gasteiger partial charge in [-0.2, -0.15) is 14.8 Å². The first-order valence-corrected chi connectivity index (χ1v) is 9.91. The van der Waals surface area contributed by atoms with Crippen LogP contribution in [0.2, 0.25) is 0 Å². The molecule has 3 N–H and O–H groups in total. The Labute approximate surface area is 181 Å². The van der Waals surface area contributed by atoms with Crippen LogP contribution >= 0.6 is 0 Å². The summed E-state index contributed by atoms with van der Waals surface area (Å²) in [5, 5.41) is 7.74. The summed E-state index contributed by atoms with van der Waals surface area (Å²) in [6.07, 6.45) is 3.59. The molecule has 5 heterocycles. The summed E-state index contributed by atoms with van der Waals surface area (Å²) in [6.45, 7) is 1.80. The Morgan fingerprint density at radius 3 is 2.72 bits per heavy atom. The fourth-order valence-electron chi connectivity index (χ4n) is 3.66. The molecule has 0 amide bonds. The summed E-state index contributed by atoms with van der Waals surface area (Å²) in [6, 6.07) is 17.3. The minimum Gasteiger partial charge on any atom is -0.422 e. The Morgan fingerprint density at radius 1 is 0.969 bits per heavy atom. The minimum absolute atomic E-state index is 0.353. The van der Waals surface area contributed by atoms with Gasteiger partial charge in [0.05, 0.1) is 11.9 Å². The highest BCUT2D eigenvalue weighted by Gasteiger charge is 2.19. The molecule has 0 bridgehead atoms. The average Bonchev–Trinajstić information content (AvgIpc) is 3.49. The molecule has 0 radical (unpaired) electrons. The summed E-state index contributed by atoms with van der Waals surface area (Å²) in [5.74, 6) is 2.20. The highest BCUT2D eigenvalue weighted by Crippen LogP contribution is 2.31. The number of pyridine rings is 1. The van der Waals surface area contributed by atoms with Crippen molar-refractivity contribution in [1.29, 1.82) is 0 Å². The Bertz CT molecular complexity index is 1540. The van der Waals surface area contributed by atoms with E-state index in [4.69, 9.17) is 15.1 Å². The lowest BCUT2D eigenvalue weighted by molar-refractivity contribution is 0.546. The standard InChI is InChI=1S/C22H17N9O/c1-13-25-15(12-17(23)26-13)20-21(28-18-8-4-5-11-30(18)20)29-19-9-10-24-31(19)22-27-14-6-2-3-7-16(14)32-22/h2-12,29H,1H3,(H2,23,25,26). The van der Waals surface area contributed by atoms with Crippen molar-refractivity contribution in [1.82, 2.24) is 34.1 Å². The number of hydrogen-bond acceptors (Lipinski definition) is 8. The number of para-hydroxylation sites is 2. The molecule has 156 valence electrons. The zero-order chi connectivity index (χ0) is 21.7. The molecule has 0 aliphatic heterocycles. The van der Waals surface area contributed by atoms with Gasteiger partial charge in [-0.25, -0.2) is 15.0 Å². The number of anilines is 3. The molecule has 6 rings (SSSR count). The third-order valence-corrected chi connectivity index (χ3v) is 4.98. The quantitative estimate of drug-likeness (QED) is 0.439. The molecule has 0 saturated carbocycles. The molecule has 0 unspecified atom stereocenters. The van der Waals surface area contributed by atoms with Gasteiger partial charge >= 0.3 is 6.01 Å². The molecule has 0 saturated heterocycles. The second-order valence-electron chi connectivity index (χ2n) is 7.18. The number of nitrogens with two attached hydrogens (primary N) is 1. The molecule has 0 aliphatic carbocycles. The molecule has 0 spiro atoms. The Balaban J connectivity index is 1.49. The molecule has 10 heteroatoms. The molecular formula is C22H17N9O. The summed E-state index contributed by atoms with van der Waals surface area (Å²) in [5.41, 5.74) is 9.60. The molecule has 10 nitrogen and oxygen atoms in total. The van der Waals surface area contributed by atoms with E-state index in [0.29, 0.717) is 40.6 Å². The number of rotatable bonds is 4. The van der Waals surface area contributed by atoms with Crippen LogP contribution < -0.4 is 11.1 Å². The van der Waals surface area contributed by atoms with Crippen molar-refractivity contribution in [2.75, 3.05) is 11.1 Å². The highest BCUT2D eigenvalue weighted by atomic mass is 16.4. The van der Waals surface area contributed by atoms with Gasteiger partial charge in [0.15, 0.2) is 11.4 Å². The van der Waals surface area contributed by atoms with Crippen LogP contribution in [0, 0.1) is 6.92 Å². The van der Waals surface area contributed by atoms with Crippen molar-refractivity contribution in [3.05, 3.63) is 72.8 Å². The third-order valence-electron chi connectivity index (χ3n) is 4.98. The van der Waals surface area contributed by atoms with E-state index in [2.05, 4.69) is 25.4 Å². The number of hydrogen-bond donors (Lipinski definition) is 2. The maximum atomic E-state index is 6.00. The van der Waals surface area contributed by atoms with Crippen LogP contribution in [0.15, 0.2) is 71.4 Å². The van der Waals surface area contributed by atoms with Crippen molar-refractivity contribution in [2.24, 2.45) is 0 Å². The van der Waals surface area contributed by atoms with Crippen LogP contribution in [0.25, 0.3) is 34.1 Å². The summed E-state index contributed by atoms with van der Waals surface area (Å²) in [7, 11) is 0. The molecule has 0 aliphatic rings. The minimum atomic E-state index is 0.353. The van der Waals surface area contributed by atoms with Gasteiger partial charge in [0.25, 0.3) is 0 Å². The van der Waals surface area contributed by atoms with Crippen LogP contribution in [0.5, 0.6) is 0 Å². The maximum absolute atomic E-state index is 6.00. The van der Waals surface area contributed by atoms with Gasteiger partial charge in [0, 0.05) is 18.3 Å². The van der Waals surface area contributed by atoms with E-state index < -0.39 is 0 Å².